The van der Waals surface area contributed by atoms with Crippen molar-refractivity contribution in [1.29, 1.82) is 0 Å². The minimum absolute atomic E-state index is 0. The van der Waals surface area contributed by atoms with E-state index in [2.05, 4.69) is 37.8 Å². The fourth-order valence-electron chi connectivity index (χ4n) is 4.16. The average Bonchev–Trinajstić information content (AvgIpc) is 2.72. The van der Waals surface area contributed by atoms with E-state index in [1.165, 1.54) is 114 Å². The van der Waals surface area contributed by atoms with E-state index in [0.717, 1.165) is 29.1 Å². The minimum atomic E-state index is -3.76. The van der Waals surface area contributed by atoms with Crippen molar-refractivity contribution in [3.63, 3.8) is 0 Å². The zero-order valence-electron chi connectivity index (χ0n) is 20.7. The van der Waals surface area contributed by atoms with Gasteiger partial charge in [-0.25, -0.2) is 0 Å². The molecular formula is C26H45O2PS2Zn. The van der Waals surface area contributed by atoms with Crippen LogP contribution in [0.5, 0.6) is 0 Å². The van der Waals surface area contributed by atoms with Gasteiger partial charge in [-0.1, -0.05) is 110 Å². The Bertz CT molecular complexity index is 622. The first-order chi connectivity index (χ1) is 15.0. The first kappa shape index (κ1) is 32.8. The molecule has 0 spiro atoms. The molecule has 1 rings (SSSR count). The zero-order chi connectivity index (χ0) is 22.8. The number of rotatable bonds is 20. The van der Waals surface area contributed by atoms with Crippen LogP contribution in [0.1, 0.15) is 128 Å². The molecule has 0 aliphatic carbocycles. The molecule has 0 aliphatic rings. The maximum absolute atomic E-state index is 11.5. The van der Waals surface area contributed by atoms with E-state index in [1.807, 2.05) is 6.07 Å². The molecule has 2 nitrogen and oxygen atoms in total. The Kier molecular flexibility index (Phi) is 21.6. The van der Waals surface area contributed by atoms with E-state index in [1.54, 1.807) is 0 Å². The number of hydrogen-bond donors (Lipinski definition) is 0. The monoisotopic (exact) mass is 548 g/mol. The third-order valence-electron chi connectivity index (χ3n) is 5.99. The molecule has 0 heterocycles. The van der Waals surface area contributed by atoms with Gasteiger partial charge in [0.1, 0.15) is 0 Å². The van der Waals surface area contributed by atoms with E-state index in [0.29, 0.717) is 0 Å². The van der Waals surface area contributed by atoms with Gasteiger partial charge in [0.2, 0.25) is 0 Å². The second-order valence-electron chi connectivity index (χ2n) is 8.92. The first-order valence-electron chi connectivity index (χ1n) is 12.8. The van der Waals surface area contributed by atoms with E-state index in [-0.39, 0.29) is 19.5 Å². The van der Waals surface area contributed by atoms with Crippen LogP contribution in [0.4, 0.5) is 0 Å². The Hall–Kier alpha value is 0.763. The molecule has 0 saturated heterocycles. The third-order valence-corrected chi connectivity index (χ3v) is 8.66. The van der Waals surface area contributed by atoms with Crippen molar-refractivity contribution < 1.29 is 29.3 Å². The summed E-state index contributed by atoms with van der Waals surface area (Å²) in [4.78, 5) is 23.9. The number of unbranched alkanes of at least 4 members (excludes halogenated alkanes) is 14. The van der Waals surface area contributed by atoms with Gasteiger partial charge in [0.15, 0.2) is 0 Å². The van der Waals surface area contributed by atoms with E-state index >= 15 is 0 Å². The van der Waals surface area contributed by atoms with Crippen LogP contribution in [-0.2, 0) is 44.1 Å². The summed E-state index contributed by atoms with van der Waals surface area (Å²) in [5.74, 6) is 0. The molecule has 0 aliphatic heterocycles. The predicted molar refractivity (Wildman–Crippen MR) is 139 cm³/mol. The molecule has 0 radical (unpaired) electrons. The smallest absolute Gasteiger partial charge is 0.824 e. The second-order valence-corrected chi connectivity index (χ2v) is 14.6. The van der Waals surface area contributed by atoms with E-state index < -0.39 is 5.69 Å². The zero-order valence-corrected chi connectivity index (χ0v) is 26.2. The summed E-state index contributed by atoms with van der Waals surface area (Å²) in [6, 6.07) is 6.18. The van der Waals surface area contributed by atoms with Crippen LogP contribution in [-0.4, -0.2) is 0 Å². The van der Waals surface area contributed by atoms with Gasteiger partial charge in [0, 0.05) is 4.90 Å². The van der Waals surface area contributed by atoms with Crippen LogP contribution in [0.15, 0.2) is 23.1 Å². The van der Waals surface area contributed by atoms with Crippen LogP contribution in [0.3, 0.4) is 0 Å². The van der Waals surface area contributed by atoms with E-state index in [4.69, 9.17) is 0 Å². The Morgan fingerprint density at radius 1 is 0.656 bits per heavy atom. The maximum Gasteiger partial charge on any atom is 2.00 e. The van der Waals surface area contributed by atoms with Crippen LogP contribution in [0.25, 0.3) is 0 Å². The van der Waals surface area contributed by atoms with Crippen molar-refractivity contribution >= 4 is 28.9 Å². The quantitative estimate of drug-likeness (QED) is 0.0936. The molecule has 0 amide bonds. The predicted octanol–water partition coefficient (Wildman–Crippen LogP) is 8.09. The fraction of sp³-hybridized carbons (Fsp3) is 0.769. The van der Waals surface area contributed by atoms with Crippen molar-refractivity contribution in [2.24, 2.45) is 0 Å². The van der Waals surface area contributed by atoms with Crippen molar-refractivity contribution in [3.05, 3.63) is 29.3 Å². The molecule has 1 aromatic rings. The molecule has 1 aromatic carbocycles. The van der Waals surface area contributed by atoms with Gasteiger partial charge >= 0.3 is 19.5 Å². The van der Waals surface area contributed by atoms with Crippen LogP contribution in [0, 0.1) is 0 Å². The standard InChI is InChI=1S/C26H47O2PS2.Zn/c1-3-5-7-9-11-13-15-17-19-24-21-22-26(31-29(27,28)30)23-25(24)20-18-16-14-12-10-8-6-4-2;/h21-23H,3-20H2,1-2H3,(H2,27,28,30);/q;+2/p-2. The Morgan fingerprint density at radius 3 is 1.50 bits per heavy atom. The Morgan fingerprint density at radius 2 is 1.06 bits per heavy atom. The van der Waals surface area contributed by atoms with Crippen LogP contribution in [0.2, 0.25) is 0 Å². The second kappa shape index (κ2) is 21.1. The molecule has 0 fully saturated rings. The summed E-state index contributed by atoms with van der Waals surface area (Å²) in [6.07, 6.45) is 23.3. The summed E-state index contributed by atoms with van der Waals surface area (Å²) < 4.78 is 0. The molecule has 0 unspecified atom stereocenters. The SMILES string of the molecule is CCCCCCCCCCc1ccc(SP([O-])([O-])=S)cc1CCCCCCCCCC.[Zn+2]. The van der Waals surface area contributed by atoms with Gasteiger partial charge in [0.05, 0.1) is 0 Å². The minimum Gasteiger partial charge on any atom is -0.824 e. The molecule has 6 heteroatoms. The molecule has 180 valence electrons. The molecule has 0 aromatic heterocycles. The van der Waals surface area contributed by atoms with Gasteiger partial charge in [-0.05, 0) is 48.9 Å². The van der Waals surface area contributed by atoms with Crippen molar-refractivity contribution in [2.75, 3.05) is 0 Å². The summed E-state index contributed by atoms with van der Waals surface area (Å²) in [6.45, 7) is 4.52. The average molecular weight is 550 g/mol. The van der Waals surface area contributed by atoms with Gasteiger partial charge in [-0.3, -0.25) is 0 Å². The Labute approximate surface area is 220 Å². The molecule has 0 bridgehead atoms. The maximum atomic E-state index is 11.5. The van der Waals surface area contributed by atoms with Gasteiger partial charge < -0.3 is 9.79 Å². The van der Waals surface area contributed by atoms with E-state index in [9.17, 15) is 9.79 Å². The van der Waals surface area contributed by atoms with Gasteiger partial charge in [-0.15, -0.1) is 23.2 Å². The normalized spacial score (nSPS) is 11.5. The summed E-state index contributed by atoms with van der Waals surface area (Å²) in [7, 11) is 0. The molecular weight excluding hydrogens is 505 g/mol. The Balaban J connectivity index is 0.00000961. The molecule has 0 saturated carbocycles. The van der Waals surface area contributed by atoms with Crippen LogP contribution >= 0.6 is 17.1 Å². The summed E-state index contributed by atoms with van der Waals surface area (Å²) in [5, 5.41) is 0. The first-order valence-corrected chi connectivity index (χ1v) is 16.9. The summed E-state index contributed by atoms with van der Waals surface area (Å²) in [5.41, 5.74) is -1.02. The van der Waals surface area contributed by atoms with Crippen molar-refractivity contribution in [1.82, 2.24) is 0 Å². The number of benzene rings is 1. The number of hydrogen-bond acceptors (Lipinski definition) is 4. The van der Waals surface area contributed by atoms with Crippen molar-refractivity contribution in [3.8, 4) is 0 Å². The van der Waals surface area contributed by atoms with Gasteiger partial charge in [0.25, 0.3) is 0 Å². The topological polar surface area (TPSA) is 46.1 Å². The summed E-state index contributed by atoms with van der Waals surface area (Å²) >= 11 is 5.44. The van der Waals surface area contributed by atoms with Gasteiger partial charge in [-0.2, -0.15) is 5.69 Å². The molecule has 0 N–H and O–H groups in total. The third kappa shape index (κ3) is 18.1. The fourth-order valence-corrected chi connectivity index (χ4v) is 6.64. The van der Waals surface area contributed by atoms with Crippen molar-refractivity contribution in [2.45, 2.75) is 134 Å². The largest absolute Gasteiger partial charge is 2.00 e. The molecule has 0 atom stereocenters. The van der Waals surface area contributed by atoms with Crippen LogP contribution < -0.4 is 9.79 Å². The molecule has 32 heavy (non-hydrogen) atoms. The number of aryl methyl sites for hydroxylation is 2.